The van der Waals surface area contributed by atoms with Crippen molar-refractivity contribution in [3.8, 4) is 5.82 Å². The van der Waals surface area contributed by atoms with Crippen molar-refractivity contribution >= 4 is 11.6 Å². The van der Waals surface area contributed by atoms with Crippen LogP contribution in [-0.2, 0) is 6.18 Å². The summed E-state index contributed by atoms with van der Waals surface area (Å²) in [5.41, 5.74) is -0.270. The number of pyridine rings is 1. The summed E-state index contributed by atoms with van der Waals surface area (Å²) in [6.45, 7) is 0.885. The van der Waals surface area contributed by atoms with Crippen LogP contribution in [-0.4, -0.2) is 58.5 Å². The summed E-state index contributed by atoms with van der Waals surface area (Å²) in [7, 11) is 0. The molecule has 0 bridgehead atoms. The molecule has 0 unspecified atom stereocenters. The Hall–Kier alpha value is -3.83. The number of carbonyl (C=O) groups excluding carboxylic acids is 1. The molecule has 32 heavy (non-hydrogen) atoms. The Morgan fingerprint density at radius 1 is 1.06 bits per heavy atom. The maximum Gasteiger partial charge on any atom is 0.433 e. The molecule has 1 aliphatic rings. The molecule has 9 nitrogen and oxygen atoms in total. The molecule has 4 aromatic rings. The number of fused-ring (bicyclic) bond motifs is 1. The molecule has 1 aliphatic heterocycles. The third kappa shape index (κ3) is 3.67. The Morgan fingerprint density at radius 3 is 2.53 bits per heavy atom. The topological polar surface area (TPSA) is 94.1 Å². The maximum atomic E-state index is 12.7. The van der Waals surface area contributed by atoms with E-state index in [9.17, 15) is 18.0 Å². The molecule has 164 valence electrons. The lowest BCUT2D eigenvalue weighted by atomic mass is 9.95. The second-order valence-electron chi connectivity index (χ2n) is 7.47. The molecule has 0 aliphatic carbocycles. The third-order valence-corrected chi connectivity index (χ3v) is 5.46. The maximum absolute atomic E-state index is 12.7. The van der Waals surface area contributed by atoms with Crippen molar-refractivity contribution in [2.45, 2.75) is 24.9 Å². The van der Waals surface area contributed by atoms with Crippen molar-refractivity contribution in [1.82, 2.24) is 39.5 Å². The van der Waals surface area contributed by atoms with Crippen LogP contribution in [0, 0.1) is 0 Å². The van der Waals surface area contributed by atoms with Crippen molar-refractivity contribution in [3.63, 3.8) is 0 Å². The van der Waals surface area contributed by atoms with Gasteiger partial charge < -0.3 is 4.90 Å². The average Bonchev–Trinajstić information content (AvgIpc) is 3.48. The van der Waals surface area contributed by atoms with Gasteiger partial charge in [0.2, 0.25) is 0 Å². The first-order chi connectivity index (χ1) is 15.4. The first kappa shape index (κ1) is 20.1. The number of carbonyl (C=O) groups is 1. The fraction of sp³-hybridized carbons (Fsp3) is 0.300. The zero-order valence-electron chi connectivity index (χ0n) is 16.6. The lowest BCUT2D eigenvalue weighted by molar-refractivity contribution is -0.141. The molecule has 0 atom stereocenters. The Bertz CT molecular complexity index is 1240. The Kier molecular flexibility index (Phi) is 4.83. The van der Waals surface area contributed by atoms with Crippen molar-refractivity contribution in [2.75, 3.05) is 13.1 Å². The van der Waals surface area contributed by atoms with E-state index < -0.39 is 11.9 Å². The smallest absolute Gasteiger partial charge is 0.339 e. The Labute approximate surface area is 179 Å². The number of rotatable bonds is 3. The molecule has 5 rings (SSSR count). The van der Waals surface area contributed by atoms with Gasteiger partial charge in [0.25, 0.3) is 5.91 Å². The highest BCUT2D eigenvalue weighted by molar-refractivity contribution is 5.94. The van der Waals surface area contributed by atoms with Gasteiger partial charge in [0.1, 0.15) is 5.69 Å². The number of amides is 1. The van der Waals surface area contributed by atoms with Gasteiger partial charge in [-0.2, -0.15) is 22.8 Å². The number of nitrogens with zero attached hydrogens (tertiary/aromatic N) is 8. The van der Waals surface area contributed by atoms with Crippen LogP contribution in [0.4, 0.5) is 13.2 Å². The number of hydrogen-bond donors (Lipinski definition) is 0. The minimum atomic E-state index is -4.54. The zero-order chi connectivity index (χ0) is 22.3. The van der Waals surface area contributed by atoms with Gasteiger partial charge in [0.15, 0.2) is 17.3 Å². The Balaban J connectivity index is 1.30. The lowest BCUT2D eigenvalue weighted by Gasteiger charge is -2.31. The summed E-state index contributed by atoms with van der Waals surface area (Å²) in [6.07, 6.45) is 1.16. The van der Waals surface area contributed by atoms with Gasteiger partial charge in [-0.1, -0.05) is 0 Å². The molecule has 5 heterocycles. The van der Waals surface area contributed by atoms with Crippen LogP contribution < -0.4 is 0 Å². The number of aromatic nitrogens is 7. The number of hydrogen-bond acceptors (Lipinski definition) is 6. The van der Waals surface area contributed by atoms with E-state index in [-0.39, 0.29) is 17.4 Å². The molecule has 1 saturated heterocycles. The quantitative estimate of drug-likeness (QED) is 0.484. The molecule has 0 spiro atoms. The molecule has 1 amide bonds. The minimum absolute atomic E-state index is 0.0418. The normalized spacial score (nSPS) is 15.4. The van der Waals surface area contributed by atoms with E-state index in [0.29, 0.717) is 43.2 Å². The van der Waals surface area contributed by atoms with Gasteiger partial charge in [-0.3, -0.25) is 9.78 Å². The summed E-state index contributed by atoms with van der Waals surface area (Å²) >= 11 is 0. The number of alkyl halides is 3. The van der Waals surface area contributed by atoms with Crippen LogP contribution in [0.5, 0.6) is 0 Å². The van der Waals surface area contributed by atoms with E-state index >= 15 is 0 Å². The van der Waals surface area contributed by atoms with Crippen molar-refractivity contribution in [3.05, 3.63) is 66.0 Å². The highest BCUT2D eigenvalue weighted by atomic mass is 19.4. The highest BCUT2D eigenvalue weighted by Crippen LogP contribution is 2.29. The fourth-order valence-electron chi connectivity index (χ4n) is 3.79. The molecule has 4 aromatic heterocycles. The van der Waals surface area contributed by atoms with E-state index in [1.54, 1.807) is 38.6 Å². The molecular formula is C20H17F3N8O. The average molecular weight is 442 g/mol. The van der Waals surface area contributed by atoms with Crippen LogP contribution in [0.1, 0.15) is 40.6 Å². The van der Waals surface area contributed by atoms with Gasteiger partial charge in [-0.25, -0.2) is 4.68 Å². The highest BCUT2D eigenvalue weighted by Gasteiger charge is 2.33. The van der Waals surface area contributed by atoms with Gasteiger partial charge in [-0.15, -0.1) is 15.3 Å². The summed E-state index contributed by atoms with van der Waals surface area (Å²) in [6, 6.07) is 7.41. The van der Waals surface area contributed by atoms with Gasteiger partial charge in [-0.05, 0) is 43.2 Å². The SMILES string of the molecule is O=C(c1ccc(C(F)(F)F)nc1)N1CCC(c2nnc3ccc(-n4cccn4)nn23)CC1. The van der Waals surface area contributed by atoms with Crippen LogP contribution in [0.25, 0.3) is 11.5 Å². The standard InChI is InChI=1S/C20H17F3N8O/c21-20(22,23)15-3-2-14(12-24-15)19(32)29-10-6-13(7-11-29)18-27-26-16-4-5-17(28-31(16)18)30-9-1-8-25-30/h1-5,8-9,12-13H,6-7,10-11H2. The monoisotopic (exact) mass is 442 g/mol. The van der Waals surface area contributed by atoms with Crippen LogP contribution in [0.15, 0.2) is 48.9 Å². The van der Waals surface area contributed by atoms with E-state index in [4.69, 9.17) is 0 Å². The first-order valence-corrected chi connectivity index (χ1v) is 9.95. The second-order valence-corrected chi connectivity index (χ2v) is 7.47. The van der Waals surface area contributed by atoms with Crippen LogP contribution >= 0.6 is 0 Å². The van der Waals surface area contributed by atoms with Crippen LogP contribution in [0.2, 0.25) is 0 Å². The van der Waals surface area contributed by atoms with Crippen molar-refractivity contribution in [2.24, 2.45) is 0 Å². The molecule has 0 radical (unpaired) electrons. The molecule has 0 saturated carbocycles. The summed E-state index contributed by atoms with van der Waals surface area (Å²) in [5.74, 6) is 1.04. The predicted molar refractivity (Wildman–Crippen MR) is 105 cm³/mol. The lowest BCUT2D eigenvalue weighted by Crippen LogP contribution is -2.38. The number of likely N-dealkylation sites (tertiary alicyclic amines) is 1. The largest absolute Gasteiger partial charge is 0.433 e. The first-order valence-electron chi connectivity index (χ1n) is 9.95. The molecular weight excluding hydrogens is 425 g/mol. The molecule has 12 heteroatoms. The number of halogens is 3. The van der Waals surface area contributed by atoms with Gasteiger partial charge >= 0.3 is 6.18 Å². The third-order valence-electron chi connectivity index (χ3n) is 5.46. The Morgan fingerprint density at radius 2 is 1.88 bits per heavy atom. The summed E-state index contributed by atoms with van der Waals surface area (Å²) in [4.78, 5) is 17.7. The van der Waals surface area contributed by atoms with Crippen molar-refractivity contribution < 1.29 is 18.0 Å². The van der Waals surface area contributed by atoms with Gasteiger partial charge in [0.05, 0.1) is 5.56 Å². The van der Waals surface area contributed by atoms with Gasteiger partial charge in [0, 0.05) is 37.6 Å². The van der Waals surface area contributed by atoms with Crippen molar-refractivity contribution in [1.29, 1.82) is 0 Å². The molecule has 0 N–H and O–H groups in total. The van der Waals surface area contributed by atoms with E-state index in [2.05, 4.69) is 25.4 Å². The summed E-state index contributed by atoms with van der Waals surface area (Å²) < 4.78 is 41.4. The molecule has 0 aromatic carbocycles. The van der Waals surface area contributed by atoms with Crippen LogP contribution in [0.3, 0.4) is 0 Å². The number of piperidine rings is 1. The fourth-order valence-corrected chi connectivity index (χ4v) is 3.79. The minimum Gasteiger partial charge on any atom is -0.339 e. The molecule has 1 fully saturated rings. The van der Waals surface area contributed by atoms with E-state index in [1.807, 2.05) is 6.07 Å². The predicted octanol–water partition coefficient (Wildman–Crippen LogP) is 2.74. The zero-order valence-corrected chi connectivity index (χ0v) is 16.6. The summed E-state index contributed by atoms with van der Waals surface area (Å²) in [5, 5.41) is 17.3. The van der Waals surface area contributed by atoms with E-state index in [1.165, 1.54) is 0 Å². The second kappa shape index (κ2) is 7.70. The van der Waals surface area contributed by atoms with E-state index in [0.717, 1.165) is 18.3 Å².